The Morgan fingerprint density at radius 2 is 1.15 bits per heavy atom. The molecule has 0 bridgehead atoms. The summed E-state index contributed by atoms with van der Waals surface area (Å²) in [5.74, 6) is -1.52. The molecule has 0 spiro atoms. The van der Waals surface area contributed by atoms with E-state index in [1.807, 2.05) is 24.3 Å². The molecule has 55 heavy (non-hydrogen) atoms. The summed E-state index contributed by atoms with van der Waals surface area (Å²) in [6.07, 6.45) is -10.3. The van der Waals surface area contributed by atoms with Gasteiger partial charge in [0.2, 0.25) is 0 Å². The highest BCUT2D eigenvalue weighted by Crippen LogP contribution is 2.45. The summed E-state index contributed by atoms with van der Waals surface area (Å²) in [7, 11) is 2.20. The van der Waals surface area contributed by atoms with Crippen molar-refractivity contribution in [2.75, 3.05) is 49.0 Å². The average molecular weight is 809 g/mol. The number of hydrogen-bond acceptors (Lipinski definition) is 9. The van der Waals surface area contributed by atoms with Crippen molar-refractivity contribution in [3.63, 3.8) is 0 Å². The minimum absolute atomic E-state index is 0.0273. The summed E-state index contributed by atoms with van der Waals surface area (Å²) in [4.78, 5) is 41.7. The highest BCUT2D eigenvalue weighted by Gasteiger charge is 2.40. The minimum atomic E-state index is -4.75. The molecule has 292 valence electrons. The lowest BCUT2D eigenvalue weighted by Crippen LogP contribution is -2.28. The van der Waals surface area contributed by atoms with Crippen LogP contribution in [0.25, 0.3) is 0 Å². The number of carbonyl (C=O) groups excluding carboxylic acids is 3. The zero-order valence-electron chi connectivity index (χ0n) is 29.7. The van der Waals surface area contributed by atoms with Crippen molar-refractivity contribution in [3.8, 4) is 11.5 Å². The van der Waals surface area contributed by atoms with Crippen molar-refractivity contribution in [3.05, 3.63) is 106 Å². The largest absolute Gasteiger partial charge is 0.496 e. The minimum Gasteiger partial charge on any atom is -0.496 e. The number of carbonyl (C=O) groups is 3. The van der Waals surface area contributed by atoms with Gasteiger partial charge in [0.1, 0.15) is 11.5 Å². The van der Waals surface area contributed by atoms with Crippen LogP contribution in [0.5, 0.6) is 11.5 Å². The van der Waals surface area contributed by atoms with Crippen LogP contribution in [0.15, 0.2) is 82.6 Å². The highest BCUT2D eigenvalue weighted by atomic mass is 32.2. The van der Waals surface area contributed by atoms with Crippen LogP contribution in [0.4, 0.5) is 37.7 Å². The lowest BCUT2D eigenvalue weighted by Gasteiger charge is -2.24. The van der Waals surface area contributed by atoms with Gasteiger partial charge in [-0.2, -0.15) is 26.3 Å². The third-order valence-electron chi connectivity index (χ3n) is 8.27. The molecule has 0 aliphatic carbocycles. The molecular formula is C38H34F6N2O7S2. The van der Waals surface area contributed by atoms with Gasteiger partial charge in [-0.3, -0.25) is 24.2 Å². The van der Waals surface area contributed by atoms with E-state index in [9.17, 15) is 40.7 Å². The number of benzene rings is 4. The molecule has 0 radical (unpaired) electrons. The number of anilines is 2. The van der Waals surface area contributed by atoms with Gasteiger partial charge in [-0.15, -0.1) is 23.5 Å². The number of alkyl halides is 6. The molecule has 0 unspecified atom stereocenters. The monoisotopic (exact) mass is 808 g/mol. The van der Waals surface area contributed by atoms with Crippen molar-refractivity contribution in [1.82, 2.24) is 0 Å². The third kappa shape index (κ3) is 8.90. The number of rotatable bonds is 10. The molecule has 2 amide bonds. The highest BCUT2D eigenvalue weighted by molar-refractivity contribution is 8.00. The van der Waals surface area contributed by atoms with Gasteiger partial charge in [0.25, 0.3) is 11.8 Å². The van der Waals surface area contributed by atoms with Gasteiger partial charge < -0.3 is 18.9 Å². The summed E-state index contributed by atoms with van der Waals surface area (Å²) in [6.45, 7) is 3.83. The lowest BCUT2D eigenvalue weighted by atomic mass is 10.0. The van der Waals surface area contributed by atoms with Crippen LogP contribution in [0, 0.1) is 0 Å². The maximum absolute atomic E-state index is 13.8. The number of thioether (sulfide) groups is 2. The number of amides is 2. The Hall–Kier alpha value is -4.71. The van der Waals surface area contributed by atoms with E-state index in [1.54, 1.807) is 38.1 Å². The van der Waals surface area contributed by atoms with Gasteiger partial charge in [-0.25, -0.2) is 0 Å². The number of fused-ring (bicyclic) bond motifs is 2. The van der Waals surface area contributed by atoms with E-state index in [2.05, 4.69) is 0 Å². The summed E-state index contributed by atoms with van der Waals surface area (Å²) < 4.78 is 102. The zero-order valence-corrected chi connectivity index (χ0v) is 31.4. The van der Waals surface area contributed by atoms with E-state index >= 15 is 0 Å². The first-order valence-electron chi connectivity index (χ1n) is 16.5. The van der Waals surface area contributed by atoms with Gasteiger partial charge in [0, 0.05) is 34.1 Å². The summed E-state index contributed by atoms with van der Waals surface area (Å²) >= 11 is 2.87. The SMILES string of the molecule is CCOC(OCC)c1cc(C(=O)N2CSc3ccccc32)cc(C(F)(F)F)c1OC.COc1c(C=O)cc(C(=O)N2CSc3ccccc32)cc1C(F)(F)F. The van der Waals surface area contributed by atoms with Gasteiger partial charge in [-0.05, 0) is 62.4 Å². The molecule has 4 aromatic rings. The second-order valence-corrected chi connectivity index (χ2v) is 13.6. The van der Waals surface area contributed by atoms with Crippen LogP contribution in [0.2, 0.25) is 0 Å². The predicted molar refractivity (Wildman–Crippen MR) is 195 cm³/mol. The van der Waals surface area contributed by atoms with Crippen molar-refractivity contribution >= 4 is 53.0 Å². The number of halogens is 6. The molecule has 4 aromatic carbocycles. The van der Waals surface area contributed by atoms with E-state index in [0.29, 0.717) is 23.1 Å². The Kier molecular flexibility index (Phi) is 13.1. The Bertz CT molecular complexity index is 2060. The zero-order chi connectivity index (χ0) is 40.1. The van der Waals surface area contributed by atoms with Crippen LogP contribution in [-0.2, 0) is 21.8 Å². The number of ether oxygens (including phenoxy) is 4. The van der Waals surface area contributed by atoms with Crippen LogP contribution in [0.3, 0.4) is 0 Å². The van der Waals surface area contributed by atoms with Gasteiger partial charge in [0.15, 0.2) is 12.6 Å². The molecule has 2 aliphatic rings. The Labute approximate surface area is 320 Å². The molecule has 2 heterocycles. The fraction of sp³-hybridized carbons (Fsp3) is 0.289. The summed E-state index contributed by atoms with van der Waals surface area (Å²) in [5, 5.41) is 0. The topological polar surface area (TPSA) is 94.6 Å². The number of hydrogen-bond donors (Lipinski definition) is 0. The van der Waals surface area contributed by atoms with E-state index in [0.717, 1.165) is 42.2 Å². The van der Waals surface area contributed by atoms with Crippen molar-refractivity contribution in [1.29, 1.82) is 0 Å². The smallest absolute Gasteiger partial charge is 0.420 e. The van der Waals surface area contributed by atoms with Crippen molar-refractivity contribution in [2.45, 2.75) is 42.3 Å². The van der Waals surface area contributed by atoms with Crippen LogP contribution in [0.1, 0.15) is 67.9 Å². The first kappa shape index (κ1) is 41.5. The molecule has 2 aliphatic heterocycles. The van der Waals surface area contributed by atoms with Crippen molar-refractivity contribution < 1.29 is 59.7 Å². The molecular weight excluding hydrogens is 775 g/mol. The predicted octanol–water partition coefficient (Wildman–Crippen LogP) is 9.73. The van der Waals surface area contributed by atoms with E-state index in [4.69, 9.17) is 18.9 Å². The first-order valence-corrected chi connectivity index (χ1v) is 18.5. The fourth-order valence-corrected chi connectivity index (χ4v) is 7.93. The number of methoxy groups -OCH3 is 2. The summed E-state index contributed by atoms with van der Waals surface area (Å²) in [6, 6.07) is 18.4. The molecule has 0 aromatic heterocycles. The number of aldehydes is 1. The Balaban J connectivity index is 0.000000214. The van der Waals surface area contributed by atoms with Crippen LogP contribution >= 0.6 is 23.5 Å². The van der Waals surface area contributed by atoms with E-state index < -0.39 is 53.1 Å². The average Bonchev–Trinajstić information content (AvgIpc) is 3.80. The second kappa shape index (κ2) is 17.4. The standard InChI is InChI=1S/C21H22F3NO4S.C17H12F3NO3S/c1-4-28-20(29-5-2)14-10-13(11-15(18(14)27-3)21(22,23)24)19(26)25-12-30-17-9-7-6-8-16(17)25;1-24-15-11(8-22)6-10(7-12(15)17(18,19)20)16(23)21-9-25-14-5-3-2-4-13(14)21/h6-11,20H,4-5,12H2,1-3H3;2-8H,9H2,1H3. The van der Waals surface area contributed by atoms with E-state index in [-0.39, 0.29) is 41.8 Å². The van der Waals surface area contributed by atoms with Crippen LogP contribution in [-0.4, -0.2) is 57.3 Å². The summed E-state index contributed by atoms with van der Waals surface area (Å²) in [5.41, 5.74) is -1.51. The second-order valence-electron chi connectivity index (χ2n) is 11.6. The van der Waals surface area contributed by atoms with Crippen molar-refractivity contribution in [2.24, 2.45) is 0 Å². The van der Waals surface area contributed by atoms with Crippen LogP contribution < -0.4 is 19.3 Å². The molecule has 0 saturated carbocycles. The normalized spacial score (nSPS) is 13.6. The quantitative estimate of drug-likeness (QED) is 0.0882. The first-order chi connectivity index (χ1) is 26.2. The maximum Gasteiger partial charge on any atom is 0.420 e. The fourth-order valence-electron chi connectivity index (χ4n) is 5.88. The molecule has 0 atom stereocenters. The molecule has 6 rings (SSSR count). The molecule has 9 nitrogen and oxygen atoms in total. The maximum atomic E-state index is 13.8. The lowest BCUT2D eigenvalue weighted by molar-refractivity contribution is -0.145. The third-order valence-corrected chi connectivity index (χ3v) is 10.4. The van der Waals surface area contributed by atoms with Gasteiger partial charge in [-0.1, -0.05) is 24.3 Å². The number of para-hydroxylation sites is 2. The Morgan fingerprint density at radius 1 is 0.709 bits per heavy atom. The van der Waals surface area contributed by atoms with E-state index in [1.165, 1.54) is 39.4 Å². The van der Waals surface area contributed by atoms with Gasteiger partial charge >= 0.3 is 12.4 Å². The molecule has 0 fully saturated rings. The Morgan fingerprint density at radius 3 is 1.56 bits per heavy atom. The molecule has 17 heteroatoms. The van der Waals surface area contributed by atoms with Gasteiger partial charge in [0.05, 0.1) is 59.6 Å². The molecule has 0 N–H and O–H groups in total. The molecule has 0 saturated heterocycles. The number of nitrogens with zero attached hydrogens (tertiary/aromatic N) is 2.